The molecule has 1 fully saturated rings. The van der Waals surface area contributed by atoms with E-state index in [1.165, 1.54) is 7.11 Å². The molecule has 0 unspecified atom stereocenters. The van der Waals surface area contributed by atoms with Crippen molar-refractivity contribution in [2.45, 2.75) is 26.3 Å². The molecular weight excluding hydrogens is 246 g/mol. The summed E-state index contributed by atoms with van der Waals surface area (Å²) in [5.74, 6) is 0.372. The highest BCUT2D eigenvalue weighted by atomic mass is 16.5. The van der Waals surface area contributed by atoms with E-state index >= 15 is 0 Å². The van der Waals surface area contributed by atoms with Gasteiger partial charge in [0.2, 0.25) is 11.8 Å². The van der Waals surface area contributed by atoms with Crippen LogP contribution in [-0.4, -0.2) is 67.6 Å². The Morgan fingerprint density at radius 1 is 1.16 bits per heavy atom. The summed E-state index contributed by atoms with van der Waals surface area (Å²) in [6.45, 7) is 6.43. The normalized spacial score (nSPS) is 17.7. The first-order valence-corrected chi connectivity index (χ1v) is 6.76. The van der Waals surface area contributed by atoms with Crippen molar-refractivity contribution in [1.29, 1.82) is 0 Å². The standard InChI is InChI=1S/C13H25N3O3/c1-10(2)8-11(14)13(18)16-6-4-15(5-7-16)12(17)9-19-3/h10-11H,4-9,14H2,1-3H3/t11-/m0/s1. The number of carbonyl (C=O) groups excluding carboxylic acids is 2. The molecule has 2 N–H and O–H groups in total. The van der Waals surface area contributed by atoms with Crippen LogP contribution < -0.4 is 5.73 Å². The van der Waals surface area contributed by atoms with E-state index in [0.717, 1.165) is 0 Å². The Morgan fingerprint density at radius 2 is 1.68 bits per heavy atom. The Labute approximate surface area is 114 Å². The van der Waals surface area contributed by atoms with Crippen LogP contribution >= 0.6 is 0 Å². The zero-order valence-electron chi connectivity index (χ0n) is 12.1. The van der Waals surface area contributed by atoms with Crippen molar-refractivity contribution in [3.63, 3.8) is 0 Å². The molecule has 0 aromatic carbocycles. The van der Waals surface area contributed by atoms with Gasteiger partial charge in [-0.3, -0.25) is 9.59 Å². The van der Waals surface area contributed by atoms with Gasteiger partial charge in [-0.2, -0.15) is 0 Å². The van der Waals surface area contributed by atoms with Crippen LogP contribution in [0.15, 0.2) is 0 Å². The molecule has 0 bridgehead atoms. The maximum Gasteiger partial charge on any atom is 0.248 e. The fraction of sp³-hybridized carbons (Fsp3) is 0.846. The largest absolute Gasteiger partial charge is 0.375 e. The molecule has 0 saturated carbocycles. The monoisotopic (exact) mass is 271 g/mol. The molecule has 1 atom stereocenters. The Bertz CT molecular complexity index is 312. The SMILES string of the molecule is COCC(=O)N1CCN(C(=O)[C@@H](N)CC(C)C)CC1. The van der Waals surface area contributed by atoms with E-state index in [2.05, 4.69) is 13.8 Å². The summed E-state index contributed by atoms with van der Waals surface area (Å²) in [7, 11) is 1.50. The van der Waals surface area contributed by atoms with Gasteiger partial charge in [-0.05, 0) is 12.3 Å². The number of methoxy groups -OCH3 is 1. The van der Waals surface area contributed by atoms with E-state index in [0.29, 0.717) is 38.5 Å². The lowest BCUT2D eigenvalue weighted by Crippen LogP contribution is -2.55. The molecule has 110 valence electrons. The topological polar surface area (TPSA) is 75.9 Å². The fourth-order valence-corrected chi connectivity index (χ4v) is 2.23. The van der Waals surface area contributed by atoms with Crippen LogP contribution in [0.1, 0.15) is 20.3 Å². The van der Waals surface area contributed by atoms with Crippen LogP contribution in [0.5, 0.6) is 0 Å². The van der Waals surface area contributed by atoms with Gasteiger partial charge in [0, 0.05) is 33.3 Å². The zero-order chi connectivity index (χ0) is 14.4. The van der Waals surface area contributed by atoms with E-state index in [9.17, 15) is 9.59 Å². The third-order valence-electron chi connectivity index (χ3n) is 3.25. The molecule has 1 aliphatic rings. The molecule has 2 amide bonds. The van der Waals surface area contributed by atoms with Crippen LogP contribution in [0.2, 0.25) is 0 Å². The van der Waals surface area contributed by atoms with Crippen LogP contribution in [0.4, 0.5) is 0 Å². The molecule has 1 rings (SSSR count). The van der Waals surface area contributed by atoms with Gasteiger partial charge in [0.15, 0.2) is 0 Å². The molecular formula is C13H25N3O3. The summed E-state index contributed by atoms with van der Waals surface area (Å²) >= 11 is 0. The highest BCUT2D eigenvalue weighted by molar-refractivity contribution is 5.82. The van der Waals surface area contributed by atoms with Gasteiger partial charge < -0.3 is 20.3 Å². The minimum atomic E-state index is -0.429. The third kappa shape index (κ3) is 4.80. The number of carbonyl (C=O) groups is 2. The van der Waals surface area contributed by atoms with E-state index in [-0.39, 0.29) is 18.4 Å². The highest BCUT2D eigenvalue weighted by Gasteiger charge is 2.27. The van der Waals surface area contributed by atoms with Crippen molar-refractivity contribution < 1.29 is 14.3 Å². The molecule has 6 nitrogen and oxygen atoms in total. The second-order valence-electron chi connectivity index (χ2n) is 5.38. The molecule has 0 aromatic heterocycles. The lowest BCUT2D eigenvalue weighted by molar-refractivity contribution is -0.142. The first-order valence-electron chi connectivity index (χ1n) is 6.76. The minimum absolute atomic E-state index is 0.00691. The fourth-order valence-electron chi connectivity index (χ4n) is 2.23. The van der Waals surface area contributed by atoms with Crippen LogP contribution in [0.25, 0.3) is 0 Å². The number of hydrogen-bond acceptors (Lipinski definition) is 4. The second-order valence-corrected chi connectivity index (χ2v) is 5.38. The summed E-state index contributed by atoms with van der Waals surface area (Å²) in [4.78, 5) is 27.2. The van der Waals surface area contributed by atoms with Gasteiger partial charge in [-0.15, -0.1) is 0 Å². The van der Waals surface area contributed by atoms with Gasteiger partial charge in [-0.1, -0.05) is 13.8 Å². The average molecular weight is 271 g/mol. The van der Waals surface area contributed by atoms with E-state index < -0.39 is 6.04 Å². The quantitative estimate of drug-likeness (QED) is 0.743. The predicted molar refractivity (Wildman–Crippen MR) is 72.5 cm³/mol. The van der Waals surface area contributed by atoms with Crippen LogP contribution in [0, 0.1) is 5.92 Å². The van der Waals surface area contributed by atoms with Crippen molar-refractivity contribution >= 4 is 11.8 Å². The molecule has 0 radical (unpaired) electrons. The molecule has 1 saturated heterocycles. The number of ether oxygens (including phenoxy) is 1. The molecule has 1 aliphatic heterocycles. The first-order chi connectivity index (χ1) is 8.95. The van der Waals surface area contributed by atoms with Gasteiger partial charge in [-0.25, -0.2) is 0 Å². The zero-order valence-corrected chi connectivity index (χ0v) is 12.1. The summed E-state index contributed by atoms with van der Waals surface area (Å²) in [5, 5.41) is 0. The maximum atomic E-state index is 12.1. The third-order valence-corrected chi connectivity index (χ3v) is 3.25. The second kappa shape index (κ2) is 7.45. The van der Waals surface area contributed by atoms with Crippen LogP contribution in [-0.2, 0) is 14.3 Å². The van der Waals surface area contributed by atoms with Gasteiger partial charge in [0.25, 0.3) is 0 Å². The lowest BCUT2D eigenvalue weighted by atomic mass is 10.0. The van der Waals surface area contributed by atoms with Crippen molar-refractivity contribution in [3.05, 3.63) is 0 Å². The minimum Gasteiger partial charge on any atom is -0.375 e. The molecule has 0 aromatic rings. The van der Waals surface area contributed by atoms with Gasteiger partial charge in [0.1, 0.15) is 6.61 Å². The Kier molecular flexibility index (Phi) is 6.24. The summed E-state index contributed by atoms with van der Waals surface area (Å²) in [5.41, 5.74) is 5.90. The maximum absolute atomic E-state index is 12.1. The van der Waals surface area contributed by atoms with E-state index in [1.54, 1.807) is 9.80 Å². The van der Waals surface area contributed by atoms with E-state index in [1.807, 2.05) is 0 Å². The number of nitrogens with two attached hydrogens (primary N) is 1. The number of rotatable bonds is 5. The first kappa shape index (κ1) is 15.9. The summed E-state index contributed by atoms with van der Waals surface area (Å²) in [6, 6.07) is -0.429. The van der Waals surface area contributed by atoms with Crippen molar-refractivity contribution in [2.75, 3.05) is 39.9 Å². The van der Waals surface area contributed by atoms with Gasteiger partial charge in [0.05, 0.1) is 6.04 Å². The number of nitrogens with zero attached hydrogens (tertiary/aromatic N) is 2. The van der Waals surface area contributed by atoms with Crippen molar-refractivity contribution in [3.8, 4) is 0 Å². The predicted octanol–water partition coefficient (Wildman–Crippen LogP) is -0.323. The lowest BCUT2D eigenvalue weighted by Gasteiger charge is -2.36. The van der Waals surface area contributed by atoms with Crippen molar-refractivity contribution in [2.24, 2.45) is 11.7 Å². The molecule has 1 heterocycles. The Morgan fingerprint density at radius 3 is 2.16 bits per heavy atom. The molecule has 19 heavy (non-hydrogen) atoms. The average Bonchev–Trinajstić information content (AvgIpc) is 2.37. The summed E-state index contributed by atoms with van der Waals surface area (Å²) < 4.78 is 4.82. The van der Waals surface area contributed by atoms with Crippen molar-refractivity contribution in [1.82, 2.24) is 9.80 Å². The van der Waals surface area contributed by atoms with Crippen LogP contribution in [0.3, 0.4) is 0 Å². The van der Waals surface area contributed by atoms with E-state index in [4.69, 9.17) is 10.5 Å². The molecule has 0 aliphatic carbocycles. The number of hydrogen-bond donors (Lipinski definition) is 1. The molecule has 6 heteroatoms. The Balaban J connectivity index is 2.40. The number of amides is 2. The highest BCUT2D eigenvalue weighted by Crippen LogP contribution is 2.09. The van der Waals surface area contributed by atoms with Gasteiger partial charge >= 0.3 is 0 Å². The Hall–Kier alpha value is -1.14. The molecule has 0 spiro atoms. The summed E-state index contributed by atoms with van der Waals surface area (Å²) in [6.07, 6.45) is 0.696. The number of piperazine rings is 1. The smallest absolute Gasteiger partial charge is 0.248 e.